The lowest BCUT2D eigenvalue weighted by Crippen LogP contribution is -2.37. The summed E-state index contributed by atoms with van der Waals surface area (Å²) in [5.74, 6) is 2.82. The summed E-state index contributed by atoms with van der Waals surface area (Å²) in [4.78, 5) is 11.0. The smallest absolute Gasteiger partial charge is 0.135 e. The molecule has 18 heavy (non-hydrogen) atoms. The summed E-state index contributed by atoms with van der Waals surface area (Å²) < 4.78 is 0. The minimum Gasteiger partial charge on any atom is -0.396 e. The zero-order valence-electron chi connectivity index (χ0n) is 11.1. The van der Waals surface area contributed by atoms with Crippen molar-refractivity contribution in [1.82, 2.24) is 9.97 Å². The van der Waals surface area contributed by atoms with Crippen LogP contribution in [0.3, 0.4) is 0 Å². The van der Waals surface area contributed by atoms with Gasteiger partial charge in [-0.3, -0.25) is 0 Å². The molecule has 0 saturated carbocycles. The Morgan fingerprint density at radius 2 is 2.28 bits per heavy atom. The average molecular weight is 250 g/mol. The highest BCUT2D eigenvalue weighted by Gasteiger charge is 2.21. The van der Waals surface area contributed by atoms with Crippen molar-refractivity contribution in [3.05, 3.63) is 11.9 Å². The van der Waals surface area contributed by atoms with Gasteiger partial charge in [0.2, 0.25) is 0 Å². The molecule has 1 aromatic heterocycles. The zero-order valence-corrected chi connectivity index (χ0v) is 11.1. The van der Waals surface area contributed by atoms with Crippen molar-refractivity contribution in [2.45, 2.75) is 32.6 Å². The van der Waals surface area contributed by atoms with Gasteiger partial charge in [-0.1, -0.05) is 13.8 Å². The predicted octanol–water partition coefficient (Wildman–Crippen LogP) is 1.39. The summed E-state index contributed by atoms with van der Waals surface area (Å²) in [6.45, 7) is 6.19. The highest BCUT2D eigenvalue weighted by Crippen LogP contribution is 2.24. The molecule has 5 nitrogen and oxygen atoms in total. The summed E-state index contributed by atoms with van der Waals surface area (Å²) in [6.07, 6.45) is 2.18. The van der Waals surface area contributed by atoms with Gasteiger partial charge in [-0.2, -0.15) is 0 Å². The first-order chi connectivity index (χ1) is 8.60. The fourth-order valence-corrected chi connectivity index (χ4v) is 2.31. The highest BCUT2D eigenvalue weighted by atomic mass is 16.3. The summed E-state index contributed by atoms with van der Waals surface area (Å²) >= 11 is 0. The molecule has 5 heteroatoms. The van der Waals surface area contributed by atoms with Crippen LogP contribution in [-0.4, -0.2) is 34.8 Å². The summed E-state index contributed by atoms with van der Waals surface area (Å²) in [5, 5.41) is 9.27. The topological polar surface area (TPSA) is 75.3 Å². The molecule has 3 N–H and O–H groups in total. The van der Waals surface area contributed by atoms with Crippen molar-refractivity contribution in [3.63, 3.8) is 0 Å². The molecule has 0 bridgehead atoms. The van der Waals surface area contributed by atoms with E-state index >= 15 is 0 Å². The van der Waals surface area contributed by atoms with Crippen LogP contribution in [0.1, 0.15) is 38.4 Å². The lowest BCUT2D eigenvalue weighted by molar-refractivity contribution is 0.208. The second-order valence-electron chi connectivity index (χ2n) is 5.30. The Kier molecular flexibility index (Phi) is 4.01. The van der Waals surface area contributed by atoms with Crippen LogP contribution in [0.4, 0.5) is 11.6 Å². The number of rotatable bonds is 3. The monoisotopic (exact) mass is 250 g/mol. The van der Waals surface area contributed by atoms with Crippen LogP contribution in [0, 0.1) is 5.92 Å². The van der Waals surface area contributed by atoms with Crippen molar-refractivity contribution in [1.29, 1.82) is 0 Å². The van der Waals surface area contributed by atoms with E-state index < -0.39 is 0 Å². The second kappa shape index (κ2) is 5.52. The molecule has 0 aliphatic carbocycles. The first-order valence-electron chi connectivity index (χ1n) is 6.60. The number of aliphatic hydroxyl groups excluding tert-OH is 1. The highest BCUT2D eigenvalue weighted by molar-refractivity contribution is 5.47. The van der Waals surface area contributed by atoms with Gasteiger partial charge in [0.1, 0.15) is 17.5 Å². The first-order valence-corrected chi connectivity index (χ1v) is 6.60. The zero-order chi connectivity index (χ0) is 13.1. The maximum absolute atomic E-state index is 9.27. The number of nitrogen functional groups attached to an aromatic ring is 1. The third kappa shape index (κ3) is 2.90. The van der Waals surface area contributed by atoms with Crippen LogP contribution in [0.2, 0.25) is 0 Å². The largest absolute Gasteiger partial charge is 0.396 e. The molecule has 1 aliphatic heterocycles. The fourth-order valence-electron chi connectivity index (χ4n) is 2.31. The molecule has 2 heterocycles. The summed E-state index contributed by atoms with van der Waals surface area (Å²) in [5.41, 5.74) is 5.84. The van der Waals surface area contributed by atoms with Gasteiger partial charge in [-0.05, 0) is 18.8 Å². The van der Waals surface area contributed by atoms with Crippen molar-refractivity contribution in [3.8, 4) is 0 Å². The van der Waals surface area contributed by atoms with Crippen LogP contribution in [0.5, 0.6) is 0 Å². The molecule has 100 valence electrons. The van der Waals surface area contributed by atoms with Crippen LogP contribution < -0.4 is 10.6 Å². The SMILES string of the molecule is CC(C)c1nc(N)cc(N2CCCC(CO)C2)n1. The molecular weight excluding hydrogens is 228 g/mol. The normalized spacial score (nSPS) is 20.4. The van der Waals surface area contributed by atoms with Gasteiger partial charge in [-0.25, -0.2) is 9.97 Å². The van der Waals surface area contributed by atoms with E-state index in [1.807, 2.05) is 6.07 Å². The molecule has 1 fully saturated rings. The van der Waals surface area contributed by atoms with E-state index in [4.69, 9.17) is 5.73 Å². The lowest BCUT2D eigenvalue weighted by Gasteiger charge is -2.33. The average Bonchev–Trinajstić information content (AvgIpc) is 2.38. The second-order valence-corrected chi connectivity index (χ2v) is 5.30. The van der Waals surface area contributed by atoms with Crippen molar-refractivity contribution in [2.24, 2.45) is 5.92 Å². The Labute approximate surface area is 108 Å². The standard InChI is InChI=1S/C13H22N4O/c1-9(2)13-15-11(14)6-12(16-13)17-5-3-4-10(7-17)8-18/h6,9-10,18H,3-5,7-8H2,1-2H3,(H2,14,15,16). The maximum Gasteiger partial charge on any atom is 0.135 e. The number of aliphatic hydroxyl groups is 1. The van der Waals surface area contributed by atoms with E-state index in [1.165, 1.54) is 0 Å². The van der Waals surface area contributed by atoms with Crippen LogP contribution in [-0.2, 0) is 0 Å². The van der Waals surface area contributed by atoms with E-state index in [1.54, 1.807) is 0 Å². The van der Waals surface area contributed by atoms with Gasteiger partial charge in [-0.15, -0.1) is 0 Å². The number of piperidine rings is 1. The van der Waals surface area contributed by atoms with E-state index in [-0.39, 0.29) is 12.5 Å². The molecule has 0 radical (unpaired) electrons. The summed E-state index contributed by atoms with van der Waals surface area (Å²) in [6, 6.07) is 1.83. The van der Waals surface area contributed by atoms with Crippen LogP contribution in [0.15, 0.2) is 6.07 Å². The Morgan fingerprint density at radius 1 is 1.50 bits per heavy atom. The van der Waals surface area contributed by atoms with Crippen molar-refractivity contribution in [2.75, 3.05) is 30.3 Å². The van der Waals surface area contributed by atoms with Crippen LogP contribution >= 0.6 is 0 Å². The molecular formula is C13H22N4O. The molecule has 0 amide bonds. The van der Waals surface area contributed by atoms with Gasteiger partial charge < -0.3 is 15.7 Å². The van der Waals surface area contributed by atoms with E-state index in [9.17, 15) is 5.11 Å². The fraction of sp³-hybridized carbons (Fsp3) is 0.692. The Morgan fingerprint density at radius 3 is 2.94 bits per heavy atom. The van der Waals surface area contributed by atoms with Gasteiger partial charge in [0.15, 0.2) is 0 Å². The molecule has 1 saturated heterocycles. The lowest BCUT2D eigenvalue weighted by atomic mass is 9.99. The first kappa shape index (κ1) is 13.1. The maximum atomic E-state index is 9.27. The quantitative estimate of drug-likeness (QED) is 0.848. The number of hydrogen-bond acceptors (Lipinski definition) is 5. The number of nitrogens with zero attached hydrogens (tertiary/aromatic N) is 3. The number of nitrogens with two attached hydrogens (primary N) is 1. The Bertz CT molecular complexity index is 408. The van der Waals surface area contributed by atoms with E-state index in [2.05, 4.69) is 28.7 Å². The van der Waals surface area contributed by atoms with Gasteiger partial charge in [0.05, 0.1) is 0 Å². The van der Waals surface area contributed by atoms with E-state index in [0.717, 1.165) is 37.6 Å². The predicted molar refractivity (Wildman–Crippen MR) is 72.6 cm³/mol. The number of hydrogen-bond donors (Lipinski definition) is 2. The number of anilines is 2. The molecule has 1 aromatic rings. The Balaban J connectivity index is 2.21. The minimum absolute atomic E-state index is 0.244. The van der Waals surface area contributed by atoms with Gasteiger partial charge in [0.25, 0.3) is 0 Å². The van der Waals surface area contributed by atoms with Crippen molar-refractivity contribution < 1.29 is 5.11 Å². The number of aromatic nitrogens is 2. The van der Waals surface area contributed by atoms with Crippen molar-refractivity contribution >= 4 is 11.6 Å². The minimum atomic E-state index is 0.244. The van der Waals surface area contributed by atoms with E-state index in [0.29, 0.717) is 11.7 Å². The van der Waals surface area contributed by atoms with Gasteiger partial charge >= 0.3 is 0 Å². The molecule has 2 rings (SSSR count). The Hall–Kier alpha value is -1.36. The molecule has 0 spiro atoms. The molecule has 1 unspecified atom stereocenters. The molecule has 0 aromatic carbocycles. The van der Waals surface area contributed by atoms with Crippen LogP contribution in [0.25, 0.3) is 0 Å². The molecule has 1 aliphatic rings. The third-order valence-electron chi connectivity index (χ3n) is 3.37. The van der Waals surface area contributed by atoms with Gasteiger partial charge in [0, 0.05) is 31.7 Å². The molecule has 1 atom stereocenters. The summed E-state index contributed by atoms with van der Waals surface area (Å²) in [7, 11) is 0. The third-order valence-corrected chi connectivity index (χ3v) is 3.37.